The van der Waals surface area contributed by atoms with Gasteiger partial charge in [-0.1, -0.05) is 11.6 Å². The molecule has 3 aromatic rings. The number of ether oxygens (including phenoxy) is 1. The highest BCUT2D eigenvalue weighted by Crippen LogP contribution is 2.24. The summed E-state index contributed by atoms with van der Waals surface area (Å²) in [5.41, 5.74) is -0.834. The quantitative estimate of drug-likeness (QED) is 0.704. The van der Waals surface area contributed by atoms with Crippen LogP contribution in [0.5, 0.6) is 5.75 Å². The summed E-state index contributed by atoms with van der Waals surface area (Å²) in [6.07, 6.45) is 0. The molecule has 0 atom stereocenters. The number of carboxylic acid groups (broad SMARTS) is 1. The Morgan fingerprint density at radius 2 is 1.81 bits per heavy atom. The summed E-state index contributed by atoms with van der Waals surface area (Å²) in [4.78, 5) is 23.6. The molecule has 0 saturated heterocycles. The number of carboxylic acids is 1. The summed E-state index contributed by atoms with van der Waals surface area (Å²) in [6, 6.07) is 9.64. The van der Waals surface area contributed by atoms with Gasteiger partial charge in [0.25, 0.3) is 10.0 Å². The summed E-state index contributed by atoms with van der Waals surface area (Å²) in [7, 11) is -2.82. The molecule has 3 rings (SSSR count). The van der Waals surface area contributed by atoms with Crippen LogP contribution < -0.4 is 10.4 Å². The van der Waals surface area contributed by atoms with E-state index in [1.54, 1.807) is 0 Å². The highest BCUT2D eigenvalue weighted by molar-refractivity contribution is 7.90. The molecule has 136 valence electrons. The second-order valence-electron chi connectivity index (χ2n) is 5.34. The topological polar surface area (TPSA) is 108 Å². The van der Waals surface area contributed by atoms with Gasteiger partial charge in [0, 0.05) is 5.02 Å². The lowest BCUT2D eigenvalue weighted by molar-refractivity contribution is -0.137. The molecule has 0 saturated carbocycles. The van der Waals surface area contributed by atoms with E-state index in [1.165, 1.54) is 49.6 Å². The van der Waals surface area contributed by atoms with E-state index in [0.29, 0.717) is 9.72 Å². The fourth-order valence-corrected chi connectivity index (χ4v) is 4.15. The number of hydrogen-bond acceptors (Lipinski definition) is 5. The van der Waals surface area contributed by atoms with Crippen LogP contribution in [0.25, 0.3) is 11.0 Å². The molecule has 0 amide bonds. The maximum Gasteiger partial charge on any atom is 0.343 e. The minimum Gasteiger partial charge on any atom is -0.497 e. The molecule has 0 aliphatic carbocycles. The van der Waals surface area contributed by atoms with E-state index >= 15 is 0 Å². The Bertz CT molecular complexity index is 1160. The van der Waals surface area contributed by atoms with E-state index in [2.05, 4.69) is 0 Å². The third kappa shape index (κ3) is 2.95. The second kappa shape index (κ2) is 6.50. The number of aromatic nitrogens is 2. The standard InChI is InChI=1S/C16H13ClN2O6S/c1-25-11-3-5-12(6-4-11)26(23,24)19-13-7-2-10(17)8-14(13)18(16(19)22)9-15(20)21/h2-8H,9H2,1H3,(H,20,21). The van der Waals surface area contributed by atoms with E-state index in [-0.39, 0.29) is 21.0 Å². The van der Waals surface area contributed by atoms with Gasteiger partial charge in [0.05, 0.1) is 23.0 Å². The van der Waals surface area contributed by atoms with Gasteiger partial charge in [-0.05, 0) is 42.5 Å². The summed E-state index contributed by atoms with van der Waals surface area (Å²) in [5.74, 6) is -0.829. The van der Waals surface area contributed by atoms with Crippen molar-refractivity contribution in [3.63, 3.8) is 0 Å². The van der Waals surface area contributed by atoms with Crippen molar-refractivity contribution >= 4 is 38.6 Å². The van der Waals surface area contributed by atoms with Gasteiger partial charge in [0.1, 0.15) is 12.3 Å². The van der Waals surface area contributed by atoms with Crippen molar-refractivity contribution < 1.29 is 23.1 Å². The zero-order chi connectivity index (χ0) is 19.1. The molecule has 26 heavy (non-hydrogen) atoms. The molecule has 0 unspecified atom stereocenters. The molecule has 0 aliphatic rings. The van der Waals surface area contributed by atoms with Gasteiger partial charge in [-0.2, -0.15) is 3.97 Å². The Morgan fingerprint density at radius 1 is 1.15 bits per heavy atom. The minimum absolute atomic E-state index is 0.0384. The first-order chi connectivity index (χ1) is 12.3. The van der Waals surface area contributed by atoms with Crippen molar-refractivity contribution in [2.75, 3.05) is 7.11 Å². The summed E-state index contributed by atoms with van der Waals surface area (Å²) in [5, 5.41) is 9.29. The van der Waals surface area contributed by atoms with Gasteiger partial charge < -0.3 is 9.84 Å². The van der Waals surface area contributed by atoms with Crippen molar-refractivity contribution in [1.82, 2.24) is 8.54 Å². The molecular formula is C16H13ClN2O6S. The summed E-state index contributed by atoms with van der Waals surface area (Å²) < 4.78 is 32.4. The fourth-order valence-electron chi connectivity index (χ4n) is 2.57. The number of halogens is 1. The van der Waals surface area contributed by atoms with Crippen LogP contribution in [0.1, 0.15) is 0 Å². The van der Waals surface area contributed by atoms with Crippen LogP contribution in [0, 0.1) is 0 Å². The molecule has 0 spiro atoms. The molecule has 2 aromatic carbocycles. The van der Waals surface area contributed by atoms with E-state index < -0.39 is 28.2 Å². The SMILES string of the molecule is COc1ccc(S(=O)(=O)n2c(=O)n(CC(=O)O)c3cc(Cl)ccc32)cc1. The number of hydrogen-bond donors (Lipinski definition) is 1. The zero-order valence-corrected chi connectivity index (χ0v) is 15.0. The molecule has 0 bridgehead atoms. The van der Waals surface area contributed by atoms with Crippen LogP contribution in [0.2, 0.25) is 5.02 Å². The average molecular weight is 397 g/mol. The van der Waals surface area contributed by atoms with Crippen LogP contribution in [0.15, 0.2) is 52.2 Å². The first kappa shape index (κ1) is 18.0. The van der Waals surface area contributed by atoms with Crippen LogP contribution in [0.4, 0.5) is 0 Å². The third-order valence-corrected chi connectivity index (χ3v) is 5.68. The molecule has 0 radical (unpaired) electrons. The van der Waals surface area contributed by atoms with E-state index in [9.17, 15) is 18.0 Å². The highest BCUT2D eigenvalue weighted by Gasteiger charge is 2.26. The molecule has 8 nitrogen and oxygen atoms in total. The Labute approximate surface area is 152 Å². The van der Waals surface area contributed by atoms with Crippen molar-refractivity contribution in [3.05, 3.63) is 58.0 Å². The number of carbonyl (C=O) groups is 1. The average Bonchev–Trinajstić information content (AvgIpc) is 2.86. The van der Waals surface area contributed by atoms with E-state index in [4.69, 9.17) is 21.4 Å². The van der Waals surface area contributed by atoms with E-state index in [0.717, 1.165) is 4.57 Å². The number of imidazole rings is 1. The van der Waals surface area contributed by atoms with Gasteiger partial charge in [-0.3, -0.25) is 9.36 Å². The van der Waals surface area contributed by atoms with Crippen molar-refractivity contribution in [3.8, 4) is 5.75 Å². The summed E-state index contributed by atoms with van der Waals surface area (Å²) in [6.45, 7) is -0.694. The van der Waals surface area contributed by atoms with Gasteiger partial charge in [-0.15, -0.1) is 0 Å². The number of benzene rings is 2. The number of fused-ring (bicyclic) bond motifs is 1. The maximum absolute atomic E-state index is 13.0. The summed E-state index contributed by atoms with van der Waals surface area (Å²) >= 11 is 5.92. The molecule has 1 aromatic heterocycles. The first-order valence-electron chi connectivity index (χ1n) is 7.28. The van der Waals surface area contributed by atoms with Gasteiger partial charge >= 0.3 is 11.7 Å². The molecule has 0 aliphatic heterocycles. The Hall–Kier alpha value is -2.78. The van der Waals surface area contributed by atoms with Crippen LogP contribution >= 0.6 is 11.6 Å². The molecule has 10 heteroatoms. The number of aliphatic carboxylic acids is 1. The molecule has 0 fully saturated rings. The van der Waals surface area contributed by atoms with Crippen molar-refractivity contribution in [2.45, 2.75) is 11.4 Å². The Balaban J connectivity index is 2.31. The highest BCUT2D eigenvalue weighted by atomic mass is 35.5. The minimum atomic E-state index is -4.26. The van der Waals surface area contributed by atoms with Crippen LogP contribution in [-0.2, 0) is 21.4 Å². The van der Waals surface area contributed by atoms with Gasteiger partial charge in [0.2, 0.25) is 0 Å². The maximum atomic E-state index is 13.0. The zero-order valence-electron chi connectivity index (χ0n) is 13.4. The molecular weight excluding hydrogens is 384 g/mol. The predicted molar refractivity (Wildman–Crippen MR) is 94.4 cm³/mol. The fraction of sp³-hybridized carbons (Fsp3) is 0.125. The third-order valence-electron chi connectivity index (χ3n) is 3.74. The second-order valence-corrected chi connectivity index (χ2v) is 7.56. The first-order valence-corrected chi connectivity index (χ1v) is 9.09. The normalized spacial score (nSPS) is 11.6. The number of nitrogens with zero attached hydrogens (tertiary/aromatic N) is 2. The van der Waals surface area contributed by atoms with Crippen LogP contribution in [0.3, 0.4) is 0 Å². The van der Waals surface area contributed by atoms with Crippen LogP contribution in [-0.4, -0.2) is 35.1 Å². The number of rotatable bonds is 5. The van der Waals surface area contributed by atoms with Gasteiger partial charge in [0.15, 0.2) is 0 Å². The Morgan fingerprint density at radius 3 is 2.38 bits per heavy atom. The predicted octanol–water partition coefficient (Wildman–Crippen LogP) is 1.79. The Kier molecular flexibility index (Phi) is 4.51. The van der Waals surface area contributed by atoms with Crippen molar-refractivity contribution in [1.29, 1.82) is 0 Å². The van der Waals surface area contributed by atoms with Gasteiger partial charge in [-0.25, -0.2) is 13.2 Å². The largest absolute Gasteiger partial charge is 0.497 e. The molecule has 1 heterocycles. The lowest BCUT2D eigenvalue weighted by Crippen LogP contribution is -2.31. The lowest BCUT2D eigenvalue weighted by Gasteiger charge is -2.07. The number of methoxy groups -OCH3 is 1. The van der Waals surface area contributed by atoms with E-state index in [1.807, 2.05) is 0 Å². The molecule has 1 N–H and O–H groups in total. The lowest BCUT2D eigenvalue weighted by atomic mass is 10.3. The van der Waals surface area contributed by atoms with Crippen molar-refractivity contribution in [2.24, 2.45) is 0 Å². The monoisotopic (exact) mass is 396 g/mol. The smallest absolute Gasteiger partial charge is 0.343 e.